The minimum Gasteiger partial charge on any atom is -0.496 e. The van der Waals surface area contributed by atoms with Crippen LogP contribution in [0.3, 0.4) is 0 Å². The fourth-order valence-electron chi connectivity index (χ4n) is 4.30. The fourth-order valence-corrected chi connectivity index (χ4v) is 4.30. The molecule has 25 heavy (non-hydrogen) atoms. The van der Waals surface area contributed by atoms with Crippen LogP contribution in [0.15, 0.2) is 48.5 Å². The molecule has 3 aromatic rings. The van der Waals surface area contributed by atoms with Crippen LogP contribution in [0.1, 0.15) is 11.5 Å². The molecule has 1 amide bonds. The van der Waals surface area contributed by atoms with Crippen LogP contribution in [0, 0.1) is 5.92 Å². The van der Waals surface area contributed by atoms with Crippen molar-refractivity contribution in [3.8, 4) is 5.75 Å². The van der Waals surface area contributed by atoms with E-state index in [1.165, 1.54) is 16.2 Å². The van der Waals surface area contributed by atoms with Crippen molar-refractivity contribution in [2.45, 2.75) is 5.92 Å². The Bertz CT molecular complexity index is 1130. The van der Waals surface area contributed by atoms with Crippen molar-refractivity contribution >= 4 is 28.5 Å². The van der Waals surface area contributed by atoms with Gasteiger partial charge in [0.15, 0.2) is 0 Å². The lowest BCUT2D eigenvalue weighted by molar-refractivity contribution is -0.121. The Morgan fingerprint density at radius 2 is 1.88 bits per heavy atom. The van der Waals surface area contributed by atoms with Crippen LogP contribution in [-0.2, 0) is 4.79 Å². The standard InChI is InChI=1S/C21H18N2O2/c1-25-18-9-5-3-6-12(18)14-10-17-19(15-11-22-21(24)20(14)15)13-7-2-4-8-16(13)23-17/h2-10,14,20,23H,11H2,1H3,(H,22,24). The molecule has 2 unspecified atom stereocenters. The van der Waals surface area contributed by atoms with Gasteiger partial charge in [0, 0.05) is 39.5 Å². The summed E-state index contributed by atoms with van der Waals surface area (Å²) in [7, 11) is 1.68. The minimum atomic E-state index is -0.178. The first-order valence-corrected chi connectivity index (χ1v) is 8.50. The smallest absolute Gasteiger partial charge is 0.228 e. The molecule has 2 atom stereocenters. The van der Waals surface area contributed by atoms with Crippen molar-refractivity contribution in [1.29, 1.82) is 0 Å². The molecule has 2 heterocycles. The van der Waals surface area contributed by atoms with Gasteiger partial charge in [0.25, 0.3) is 0 Å². The van der Waals surface area contributed by atoms with E-state index >= 15 is 0 Å². The van der Waals surface area contributed by atoms with Crippen molar-refractivity contribution < 1.29 is 9.53 Å². The Morgan fingerprint density at radius 3 is 2.76 bits per heavy atom. The van der Waals surface area contributed by atoms with E-state index in [1.807, 2.05) is 30.3 Å². The number of carbonyl (C=O) groups is 1. The SMILES string of the molecule is COc1ccccc1C1C=c2[nH]c3ccccc3c2=C2CNC(=O)C21. The number of carbonyl (C=O) groups excluding carboxylic acids is 1. The number of para-hydroxylation sites is 2. The van der Waals surface area contributed by atoms with E-state index in [1.54, 1.807) is 7.11 Å². The molecule has 1 aliphatic carbocycles. The summed E-state index contributed by atoms with van der Waals surface area (Å²) in [6, 6.07) is 16.2. The first-order valence-electron chi connectivity index (χ1n) is 8.50. The third-order valence-electron chi connectivity index (χ3n) is 5.37. The van der Waals surface area contributed by atoms with Gasteiger partial charge in [-0.2, -0.15) is 0 Å². The van der Waals surface area contributed by atoms with Gasteiger partial charge >= 0.3 is 0 Å². The number of methoxy groups -OCH3 is 1. The molecule has 2 aromatic carbocycles. The highest BCUT2D eigenvalue weighted by atomic mass is 16.5. The molecular weight excluding hydrogens is 312 g/mol. The predicted octanol–water partition coefficient (Wildman–Crippen LogP) is 1.65. The summed E-state index contributed by atoms with van der Waals surface area (Å²) in [5, 5.41) is 6.51. The quantitative estimate of drug-likeness (QED) is 0.751. The zero-order chi connectivity index (χ0) is 17.0. The Balaban J connectivity index is 1.85. The van der Waals surface area contributed by atoms with Crippen LogP contribution in [0.25, 0.3) is 22.6 Å². The second-order valence-corrected chi connectivity index (χ2v) is 6.61. The monoisotopic (exact) mass is 330 g/mol. The number of H-pyrrole nitrogens is 1. The van der Waals surface area contributed by atoms with Crippen LogP contribution in [-0.4, -0.2) is 24.5 Å². The number of aromatic amines is 1. The van der Waals surface area contributed by atoms with Crippen molar-refractivity contribution in [3.63, 3.8) is 0 Å². The first kappa shape index (κ1) is 14.3. The van der Waals surface area contributed by atoms with Crippen molar-refractivity contribution in [3.05, 3.63) is 64.7 Å². The van der Waals surface area contributed by atoms with Crippen molar-refractivity contribution in [2.75, 3.05) is 13.7 Å². The van der Waals surface area contributed by atoms with Crippen molar-refractivity contribution in [2.24, 2.45) is 5.92 Å². The molecule has 1 aliphatic heterocycles. The lowest BCUT2D eigenvalue weighted by Gasteiger charge is -2.24. The van der Waals surface area contributed by atoms with E-state index < -0.39 is 0 Å². The van der Waals surface area contributed by atoms with Crippen LogP contribution < -0.4 is 20.6 Å². The summed E-state index contributed by atoms with van der Waals surface area (Å²) >= 11 is 0. The Hall–Kier alpha value is -3.01. The number of nitrogens with one attached hydrogen (secondary N) is 2. The van der Waals surface area contributed by atoms with Gasteiger partial charge in [-0.05, 0) is 17.7 Å². The van der Waals surface area contributed by atoms with E-state index in [9.17, 15) is 4.79 Å². The second kappa shape index (κ2) is 5.24. The van der Waals surface area contributed by atoms with E-state index in [4.69, 9.17) is 4.74 Å². The first-order chi connectivity index (χ1) is 12.3. The fraction of sp³-hybridized carbons (Fsp3) is 0.190. The van der Waals surface area contributed by atoms with Gasteiger partial charge in [-0.3, -0.25) is 4.79 Å². The topological polar surface area (TPSA) is 54.1 Å². The van der Waals surface area contributed by atoms with E-state index in [0.29, 0.717) is 6.54 Å². The third kappa shape index (κ3) is 1.97. The van der Waals surface area contributed by atoms with Gasteiger partial charge in [0.05, 0.1) is 13.0 Å². The second-order valence-electron chi connectivity index (χ2n) is 6.61. The predicted molar refractivity (Wildman–Crippen MR) is 97.7 cm³/mol. The number of hydrogen-bond acceptors (Lipinski definition) is 2. The highest BCUT2D eigenvalue weighted by Gasteiger charge is 2.39. The number of ether oxygens (including phenoxy) is 1. The van der Waals surface area contributed by atoms with Gasteiger partial charge in [0.1, 0.15) is 5.75 Å². The highest BCUT2D eigenvalue weighted by Crippen LogP contribution is 2.40. The molecule has 0 bridgehead atoms. The molecule has 4 nitrogen and oxygen atoms in total. The molecule has 1 saturated heterocycles. The van der Waals surface area contributed by atoms with Gasteiger partial charge in [-0.1, -0.05) is 42.5 Å². The summed E-state index contributed by atoms with van der Waals surface area (Å²) in [5.74, 6) is 0.706. The number of amides is 1. The number of rotatable bonds is 2. The number of hydrogen-bond donors (Lipinski definition) is 2. The molecule has 2 aliphatic rings. The lowest BCUT2D eigenvalue weighted by Crippen LogP contribution is -2.36. The number of benzene rings is 2. The minimum absolute atomic E-state index is 0.0331. The average Bonchev–Trinajstić information content (AvgIpc) is 3.21. The lowest BCUT2D eigenvalue weighted by atomic mass is 9.78. The maximum absolute atomic E-state index is 12.7. The van der Waals surface area contributed by atoms with E-state index in [0.717, 1.165) is 22.2 Å². The third-order valence-corrected chi connectivity index (χ3v) is 5.37. The Kier molecular flexibility index (Phi) is 3.01. The summed E-state index contributed by atoms with van der Waals surface area (Å²) in [4.78, 5) is 16.2. The summed E-state index contributed by atoms with van der Waals surface area (Å²) < 4.78 is 5.56. The Labute approximate surface area is 144 Å². The summed E-state index contributed by atoms with van der Waals surface area (Å²) in [6.45, 7) is 0.609. The van der Waals surface area contributed by atoms with Crippen LogP contribution in [0.2, 0.25) is 0 Å². The van der Waals surface area contributed by atoms with E-state index in [-0.39, 0.29) is 17.7 Å². The highest BCUT2D eigenvalue weighted by molar-refractivity contribution is 5.99. The Morgan fingerprint density at radius 1 is 1.08 bits per heavy atom. The molecule has 1 aromatic heterocycles. The molecule has 0 saturated carbocycles. The van der Waals surface area contributed by atoms with Crippen LogP contribution in [0.5, 0.6) is 5.75 Å². The molecule has 5 rings (SSSR count). The zero-order valence-corrected chi connectivity index (χ0v) is 13.9. The molecular formula is C21H18N2O2. The van der Waals surface area contributed by atoms with Crippen molar-refractivity contribution in [1.82, 2.24) is 10.3 Å². The average molecular weight is 330 g/mol. The number of fused-ring (bicyclic) bond motifs is 4. The summed E-state index contributed by atoms with van der Waals surface area (Å²) in [6.07, 6.45) is 2.19. The molecule has 0 spiro atoms. The van der Waals surface area contributed by atoms with Gasteiger partial charge in [-0.15, -0.1) is 0 Å². The van der Waals surface area contributed by atoms with Crippen LogP contribution in [0.4, 0.5) is 0 Å². The van der Waals surface area contributed by atoms with Gasteiger partial charge in [0.2, 0.25) is 5.91 Å². The maximum Gasteiger partial charge on any atom is 0.228 e. The normalized spacial score (nSPS) is 21.5. The van der Waals surface area contributed by atoms with Gasteiger partial charge < -0.3 is 15.0 Å². The van der Waals surface area contributed by atoms with Gasteiger partial charge in [-0.25, -0.2) is 0 Å². The number of aromatic nitrogens is 1. The summed E-state index contributed by atoms with van der Waals surface area (Å²) in [5.41, 5.74) is 3.33. The molecule has 0 radical (unpaired) electrons. The molecule has 2 N–H and O–H groups in total. The zero-order valence-electron chi connectivity index (χ0n) is 13.9. The maximum atomic E-state index is 12.7. The molecule has 1 fully saturated rings. The molecule has 124 valence electrons. The largest absolute Gasteiger partial charge is 0.496 e. The molecule has 4 heteroatoms. The van der Waals surface area contributed by atoms with Crippen LogP contribution >= 0.6 is 0 Å². The van der Waals surface area contributed by atoms with E-state index in [2.05, 4.69) is 34.6 Å².